The second-order valence-electron chi connectivity index (χ2n) is 5.59. The summed E-state index contributed by atoms with van der Waals surface area (Å²) in [6.45, 7) is 1.65. The van der Waals surface area contributed by atoms with Gasteiger partial charge in [0.05, 0.1) is 13.0 Å². The van der Waals surface area contributed by atoms with Crippen LogP contribution < -0.4 is 5.32 Å². The summed E-state index contributed by atoms with van der Waals surface area (Å²) in [6.07, 6.45) is 8.29. The lowest BCUT2D eigenvalue weighted by Crippen LogP contribution is -2.50. The van der Waals surface area contributed by atoms with Crippen molar-refractivity contribution in [1.82, 2.24) is 10.2 Å². The summed E-state index contributed by atoms with van der Waals surface area (Å²) in [7, 11) is 1.46. The third kappa shape index (κ3) is 4.06. The number of hydrogen-bond donors (Lipinski definition) is 1. The molecule has 0 bridgehead atoms. The van der Waals surface area contributed by atoms with Crippen LogP contribution in [-0.4, -0.2) is 42.2 Å². The molecule has 1 aliphatic heterocycles. The molecule has 0 radical (unpaired) electrons. The van der Waals surface area contributed by atoms with Crippen molar-refractivity contribution in [3.05, 3.63) is 0 Å². The molecule has 2 aliphatic rings. The SMILES string of the molecule is COC(=O)C1CCCN(C(=S)NC2CCCCC2)C1. The second-order valence-corrected chi connectivity index (χ2v) is 5.98. The van der Waals surface area contributed by atoms with Gasteiger partial charge >= 0.3 is 5.97 Å². The van der Waals surface area contributed by atoms with E-state index in [0.29, 0.717) is 12.6 Å². The van der Waals surface area contributed by atoms with Gasteiger partial charge in [0.1, 0.15) is 0 Å². The highest BCUT2D eigenvalue weighted by Crippen LogP contribution is 2.20. The maximum Gasteiger partial charge on any atom is 0.310 e. The van der Waals surface area contributed by atoms with Gasteiger partial charge < -0.3 is 15.0 Å². The first-order chi connectivity index (χ1) is 9.20. The van der Waals surface area contributed by atoms with Crippen molar-refractivity contribution < 1.29 is 9.53 Å². The summed E-state index contributed by atoms with van der Waals surface area (Å²) in [5.41, 5.74) is 0. The Kier molecular flexibility index (Phi) is 5.43. The van der Waals surface area contributed by atoms with Crippen molar-refractivity contribution in [2.24, 2.45) is 5.92 Å². The summed E-state index contributed by atoms with van der Waals surface area (Å²) in [5.74, 6) is -0.130. The van der Waals surface area contributed by atoms with Crippen LogP contribution in [0.2, 0.25) is 0 Å². The van der Waals surface area contributed by atoms with Gasteiger partial charge in [0.15, 0.2) is 5.11 Å². The van der Waals surface area contributed by atoms with E-state index in [2.05, 4.69) is 10.2 Å². The topological polar surface area (TPSA) is 41.6 Å². The first-order valence-corrected chi connectivity index (χ1v) is 7.75. The maximum absolute atomic E-state index is 11.6. The Morgan fingerprint density at radius 2 is 1.95 bits per heavy atom. The van der Waals surface area contributed by atoms with Gasteiger partial charge in [-0.05, 0) is 37.9 Å². The van der Waals surface area contributed by atoms with Gasteiger partial charge in [-0.2, -0.15) is 0 Å². The van der Waals surface area contributed by atoms with E-state index in [9.17, 15) is 4.79 Å². The summed E-state index contributed by atoms with van der Waals surface area (Å²) in [4.78, 5) is 13.7. The predicted octanol–water partition coefficient (Wildman–Crippen LogP) is 2.08. The van der Waals surface area contributed by atoms with Crippen molar-refractivity contribution in [2.45, 2.75) is 51.0 Å². The van der Waals surface area contributed by atoms with Crippen LogP contribution in [0, 0.1) is 5.92 Å². The molecule has 19 heavy (non-hydrogen) atoms. The van der Waals surface area contributed by atoms with E-state index < -0.39 is 0 Å². The number of nitrogens with one attached hydrogen (secondary N) is 1. The number of esters is 1. The molecule has 4 nitrogen and oxygen atoms in total. The zero-order valence-electron chi connectivity index (χ0n) is 11.7. The van der Waals surface area contributed by atoms with Crippen LogP contribution >= 0.6 is 12.2 Å². The molecule has 1 saturated heterocycles. The van der Waals surface area contributed by atoms with E-state index in [1.54, 1.807) is 0 Å². The van der Waals surface area contributed by atoms with Crippen molar-refractivity contribution in [1.29, 1.82) is 0 Å². The molecular weight excluding hydrogens is 260 g/mol. The number of methoxy groups -OCH3 is 1. The van der Waals surface area contributed by atoms with Crippen LogP contribution in [0.25, 0.3) is 0 Å². The summed E-state index contributed by atoms with van der Waals surface area (Å²) >= 11 is 5.49. The molecule has 2 fully saturated rings. The molecule has 0 spiro atoms. The van der Waals surface area contributed by atoms with Gasteiger partial charge in [-0.15, -0.1) is 0 Å². The van der Waals surface area contributed by atoms with Crippen LogP contribution in [0.3, 0.4) is 0 Å². The Bertz CT molecular complexity index is 329. The number of rotatable bonds is 2. The summed E-state index contributed by atoms with van der Waals surface area (Å²) < 4.78 is 4.84. The quantitative estimate of drug-likeness (QED) is 0.621. The van der Waals surface area contributed by atoms with Gasteiger partial charge in [0, 0.05) is 19.1 Å². The Morgan fingerprint density at radius 1 is 1.21 bits per heavy atom. The number of ether oxygens (including phenoxy) is 1. The molecule has 108 valence electrons. The van der Waals surface area contributed by atoms with Gasteiger partial charge in [0.25, 0.3) is 0 Å². The average Bonchev–Trinajstić information content (AvgIpc) is 2.47. The van der Waals surface area contributed by atoms with Crippen molar-refractivity contribution >= 4 is 23.3 Å². The number of thiocarbonyl (C=S) groups is 1. The average molecular weight is 284 g/mol. The maximum atomic E-state index is 11.6. The van der Waals surface area contributed by atoms with Crippen LogP contribution in [0.4, 0.5) is 0 Å². The molecule has 0 aromatic carbocycles. The molecule has 5 heteroatoms. The van der Waals surface area contributed by atoms with Crippen LogP contribution in [-0.2, 0) is 9.53 Å². The number of hydrogen-bond acceptors (Lipinski definition) is 3. The number of likely N-dealkylation sites (tertiary alicyclic amines) is 1. The van der Waals surface area contributed by atoms with Gasteiger partial charge in [0.2, 0.25) is 0 Å². The van der Waals surface area contributed by atoms with Crippen LogP contribution in [0.1, 0.15) is 44.9 Å². The van der Waals surface area contributed by atoms with Gasteiger partial charge in [-0.3, -0.25) is 4.79 Å². The Labute approximate surface area is 120 Å². The van der Waals surface area contributed by atoms with E-state index in [1.807, 2.05) is 0 Å². The van der Waals surface area contributed by atoms with Crippen LogP contribution in [0.5, 0.6) is 0 Å². The molecule has 0 aromatic heterocycles. The largest absolute Gasteiger partial charge is 0.469 e. The molecule has 1 unspecified atom stereocenters. The third-order valence-corrected chi connectivity index (χ3v) is 4.55. The number of carbonyl (C=O) groups excluding carboxylic acids is 1. The first kappa shape index (κ1) is 14.6. The minimum absolute atomic E-state index is 0.0233. The van der Waals surface area contributed by atoms with Gasteiger partial charge in [-0.1, -0.05) is 19.3 Å². The highest BCUT2D eigenvalue weighted by molar-refractivity contribution is 7.80. The molecule has 2 rings (SSSR count). The fraction of sp³-hybridized carbons (Fsp3) is 0.857. The Morgan fingerprint density at radius 3 is 2.63 bits per heavy atom. The second kappa shape index (κ2) is 7.08. The highest BCUT2D eigenvalue weighted by atomic mass is 32.1. The zero-order chi connectivity index (χ0) is 13.7. The summed E-state index contributed by atoms with van der Waals surface area (Å²) in [5, 5.41) is 4.29. The third-order valence-electron chi connectivity index (χ3n) is 4.18. The van der Waals surface area contributed by atoms with E-state index in [4.69, 9.17) is 17.0 Å². The Hall–Kier alpha value is -0.840. The molecule has 1 aliphatic carbocycles. The number of carbonyl (C=O) groups is 1. The molecule has 1 atom stereocenters. The molecule has 1 saturated carbocycles. The standard InChI is InChI=1S/C14H24N2O2S/c1-18-13(17)11-6-5-9-16(10-11)14(19)15-12-7-3-2-4-8-12/h11-12H,2-10H2,1H3,(H,15,19). The zero-order valence-corrected chi connectivity index (χ0v) is 12.5. The highest BCUT2D eigenvalue weighted by Gasteiger charge is 2.28. The minimum atomic E-state index is -0.106. The van der Waals surface area contributed by atoms with Crippen molar-refractivity contribution in [3.63, 3.8) is 0 Å². The normalized spacial score (nSPS) is 24.9. The van der Waals surface area contributed by atoms with E-state index >= 15 is 0 Å². The minimum Gasteiger partial charge on any atom is -0.469 e. The fourth-order valence-corrected chi connectivity index (χ4v) is 3.37. The van der Waals surface area contributed by atoms with Gasteiger partial charge in [-0.25, -0.2) is 0 Å². The molecule has 0 aromatic rings. The smallest absolute Gasteiger partial charge is 0.310 e. The summed E-state index contributed by atoms with van der Waals surface area (Å²) in [6, 6.07) is 0.528. The lowest BCUT2D eigenvalue weighted by atomic mass is 9.95. The van der Waals surface area contributed by atoms with E-state index in [1.165, 1.54) is 39.2 Å². The lowest BCUT2D eigenvalue weighted by Gasteiger charge is -2.35. The van der Waals surface area contributed by atoms with E-state index in [0.717, 1.165) is 24.5 Å². The number of nitrogens with zero attached hydrogens (tertiary/aromatic N) is 1. The van der Waals surface area contributed by atoms with E-state index in [-0.39, 0.29) is 11.9 Å². The molecule has 1 heterocycles. The molecule has 0 amide bonds. The fourth-order valence-electron chi connectivity index (χ4n) is 3.03. The predicted molar refractivity (Wildman–Crippen MR) is 78.9 cm³/mol. The first-order valence-electron chi connectivity index (χ1n) is 7.34. The Balaban J connectivity index is 1.82. The molecule has 1 N–H and O–H groups in total. The molecular formula is C14H24N2O2S. The monoisotopic (exact) mass is 284 g/mol. The van der Waals surface area contributed by atoms with Crippen molar-refractivity contribution in [2.75, 3.05) is 20.2 Å². The number of piperidine rings is 1. The lowest BCUT2D eigenvalue weighted by molar-refractivity contribution is -0.146. The van der Waals surface area contributed by atoms with Crippen molar-refractivity contribution in [3.8, 4) is 0 Å². The van der Waals surface area contributed by atoms with Crippen LogP contribution in [0.15, 0.2) is 0 Å².